The van der Waals surface area contributed by atoms with Gasteiger partial charge in [0.05, 0.1) is 5.52 Å². The first-order valence-electron chi connectivity index (χ1n) is 6.55. The average Bonchev–Trinajstić information content (AvgIpc) is 2.42. The van der Waals surface area contributed by atoms with E-state index >= 15 is 0 Å². The third kappa shape index (κ3) is 4.04. The van der Waals surface area contributed by atoms with E-state index in [1.165, 1.54) is 0 Å². The van der Waals surface area contributed by atoms with Gasteiger partial charge in [-0.2, -0.15) is 0 Å². The van der Waals surface area contributed by atoms with Crippen LogP contribution in [-0.4, -0.2) is 29.7 Å². The van der Waals surface area contributed by atoms with Gasteiger partial charge in [0.25, 0.3) is 0 Å². The van der Waals surface area contributed by atoms with E-state index in [1.807, 2.05) is 24.3 Å². The van der Waals surface area contributed by atoms with Gasteiger partial charge in [-0.25, -0.2) is 9.97 Å². The Morgan fingerprint density at radius 1 is 1.21 bits per heavy atom. The van der Waals surface area contributed by atoms with Crippen LogP contribution in [0.3, 0.4) is 0 Å². The first-order chi connectivity index (χ1) is 9.31. The second-order valence-corrected chi connectivity index (χ2v) is 4.59. The molecule has 5 heteroatoms. The smallest absolute Gasteiger partial charge is 0.224 e. The summed E-state index contributed by atoms with van der Waals surface area (Å²) in [5, 5.41) is 4.54. The molecule has 0 saturated heterocycles. The number of nitrogens with zero attached hydrogens (tertiary/aromatic N) is 2. The van der Waals surface area contributed by atoms with Crippen molar-refractivity contribution < 1.29 is 4.74 Å². The Morgan fingerprint density at radius 3 is 2.89 bits per heavy atom. The zero-order valence-electron chi connectivity index (χ0n) is 11.0. The van der Waals surface area contributed by atoms with Gasteiger partial charge in [0, 0.05) is 25.1 Å². The molecule has 19 heavy (non-hydrogen) atoms. The van der Waals surface area contributed by atoms with Crippen LogP contribution < -0.4 is 5.32 Å². The summed E-state index contributed by atoms with van der Waals surface area (Å²) < 4.78 is 5.43. The molecule has 2 rings (SSSR count). The molecule has 102 valence electrons. The lowest BCUT2D eigenvalue weighted by Crippen LogP contribution is -2.08. The first kappa shape index (κ1) is 14.0. The maximum Gasteiger partial charge on any atom is 0.224 e. The summed E-state index contributed by atoms with van der Waals surface area (Å²) in [7, 11) is 0. The van der Waals surface area contributed by atoms with Crippen LogP contribution >= 0.6 is 11.6 Å². The van der Waals surface area contributed by atoms with Gasteiger partial charge in [-0.3, -0.25) is 0 Å². The Bertz CT molecular complexity index is 533. The number of hydrogen-bond acceptors (Lipinski definition) is 4. The second kappa shape index (κ2) is 7.26. The molecular weight excluding hydrogens is 262 g/mol. The Balaban J connectivity index is 1.96. The quantitative estimate of drug-likeness (QED) is 0.622. The van der Waals surface area contributed by atoms with Crippen molar-refractivity contribution in [2.75, 3.05) is 25.1 Å². The predicted molar refractivity (Wildman–Crippen MR) is 78.8 cm³/mol. The molecule has 0 aliphatic carbocycles. The number of anilines is 1. The van der Waals surface area contributed by atoms with E-state index in [0.717, 1.165) is 49.3 Å². The number of nitrogens with one attached hydrogen (secondary N) is 1. The molecule has 0 atom stereocenters. The second-order valence-electron chi connectivity index (χ2n) is 4.25. The van der Waals surface area contributed by atoms with E-state index in [2.05, 4.69) is 22.2 Å². The maximum absolute atomic E-state index is 5.92. The molecule has 0 unspecified atom stereocenters. The zero-order valence-corrected chi connectivity index (χ0v) is 11.8. The van der Waals surface area contributed by atoms with Gasteiger partial charge < -0.3 is 10.1 Å². The molecule has 0 amide bonds. The molecule has 0 fully saturated rings. The highest BCUT2D eigenvalue weighted by molar-refractivity contribution is 6.28. The van der Waals surface area contributed by atoms with E-state index in [9.17, 15) is 0 Å². The Morgan fingerprint density at radius 2 is 2.05 bits per heavy atom. The summed E-state index contributed by atoms with van der Waals surface area (Å²) in [5.74, 6) is 0.783. The van der Waals surface area contributed by atoms with E-state index in [-0.39, 0.29) is 5.28 Å². The summed E-state index contributed by atoms with van der Waals surface area (Å²) in [4.78, 5) is 8.43. The van der Waals surface area contributed by atoms with Crippen LogP contribution in [0.2, 0.25) is 5.28 Å². The Kier molecular flexibility index (Phi) is 5.36. The van der Waals surface area contributed by atoms with Gasteiger partial charge in [0.1, 0.15) is 5.82 Å². The standard InChI is InChI=1S/C14H18ClN3O/c1-2-9-19-10-5-8-16-13-11-6-3-4-7-12(11)17-14(15)18-13/h3-4,6-7H,2,5,8-10H2,1H3,(H,16,17,18). The molecule has 0 radical (unpaired) electrons. The van der Waals surface area contributed by atoms with Crippen molar-refractivity contribution in [3.63, 3.8) is 0 Å². The fraction of sp³-hybridized carbons (Fsp3) is 0.429. The van der Waals surface area contributed by atoms with Crippen LogP contribution in [0.5, 0.6) is 0 Å². The van der Waals surface area contributed by atoms with E-state index < -0.39 is 0 Å². The number of hydrogen-bond donors (Lipinski definition) is 1. The lowest BCUT2D eigenvalue weighted by atomic mass is 10.2. The van der Waals surface area contributed by atoms with Gasteiger partial charge in [-0.05, 0) is 36.6 Å². The van der Waals surface area contributed by atoms with Crippen LogP contribution in [0.25, 0.3) is 10.9 Å². The number of para-hydroxylation sites is 1. The fourth-order valence-corrected chi connectivity index (χ4v) is 1.99. The molecule has 1 aromatic heterocycles. The van der Waals surface area contributed by atoms with Crippen molar-refractivity contribution in [1.29, 1.82) is 0 Å². The molecule has 2 aromatic rings. The molecule has 1 aromatic carbocycles. The Hall–Kier alpha value is -1.39. The number of aromatic nitrogens is 2. The molecular formula is C14H18ClN3O. The van der Waals surface area contributed by atoms with Gasteiger partial charge in [-0.15, -0.1) is 0 Å². The minimum Gasteiger partial charge on any atom is -0.381 e. The van der Waals surface area contributed by atoms with Crippen LogP contribution in [-0.2, 0) is 4.74 Å². The fourth-order valence-electron chi connectivity index (χ4n) is 1.81. The van der Waals surface area contributed by atoms with Crippen molar-refractivity contribution in [2.24, 2.45) is 0 Å². The molecule has 0 aliphatic rings. The molecule has 0 spiro atoms. The van der Waals surface area contributed by atoms with Crippen LogP contribution in [0, 0.1) is 0 Å². The predicted octanol–water partition coefficient (Wildman–Crippen LogP) is 3.51. The number of ether oxygens (including phenoxy) is 1. The summed E-state index contributed by atoms with van der Waals surface area (Å²) in [5.41, 5.74) is 0.854. The molecule has 1 N–H and O–H groups in total. The first-order valence-corrected chi connectivity index (χ1v) is 6.93. The molecule has 4 nitrogen and oxygen atoms in total. The number of rotatable bonds is 7. The van der Waals surface area contributed by atoms with Crippen molar-refractivity contribution >= 4 is 28.3 Å². The van der Waals surface area contributed by atoms with Crippen LogP contribution in [0.1, 0.15) is 19.8 Å². The SMILES string of the molecule is CCCOCCCNc1nc(Cl)nc2ccccc12. The monoisotopic (exact) mass is 279 g/mol. The summed E-state index contributed by atoms with van der Waals surface area (Å²) >= 11 is 5.92. The third-order valence-corrected chi connectivity index (χ3v) is 2.85. The summed E-state index contributed by atoms with van der Waals surface area (Å²) in [6.07, 6.45) is 2.00. The molecule has 0 aliphatic heterocycles. The lowest BCUT2D eigenvalue weighted by Gasteiger charge is -2.09. The topological polar surface area (TPSA) is 47.0 Å². The Labute approximate surface area is 118 Å². The van der Waals surface area contributed by atoms with E-state index in [0.29, 0.717) is 0 Å². The number of fused-ring (bicyclic) bond motifs is 1. The van der Waals surface area contributed by atoms with E-state index in [4.69, 9.17) is 16.3 Å². The van der Waals surface area contributed by atoms with Gasteiger partial charge >= 0.3 is 0 Å². The molecule has 1 heterocycles. The van der Waals surface area contributed by atoms with Gasteiger partial charge in [0.15, 0.2) is 0 Å². The summed E-state index contributed by atoms with van der Waals surface area (Å²) in [6, 6.07) is 7.82. The normalized spacial score (nSPS) is 10.8. The lowest BCUT2D eigenvalue weighted by molar-refractivity contribution is 0.134. The zero-order chi connectivity index (χ0) is 13.5. The summed E-state index contributed by atoms with van der Waals surface area (Å²) in [6.45, 7) is 4.49. The van der Waals surface area contributed by atoms with Crippen LogP contribution in [0.15, 0.2) is 24.3 Å². The maximum atomic E-state index is 5.92. The number of halogens is 1. The molecule has 0 bridgehead atoms. The number of benzene rings is 1. The average molecular weight is 280 g/mol. The van der Waals surface area contributed by atoms with Crippen LogP contribution in [0.4, 0.5) is 5.82 Å². The van der Waals surface area contributed by atoms with Gasteiger partial charge in [0.2, 0.25) is 5.28 Å². The minimum absolute atomic E-state index is 0.267. The minimum atomic E-state index is 0.267. The van der Waals surface area contributed by atoms with E-state index in [1.54, 1.807) is 0 Å². The van der Waals surface area contributed by atoms with Crippen molar-refractivity contribution in [2.45, 2.75) is 19.8 Å². The highest BCUT2D eigenvalue weighted by Gasteiger charge is 2.05. The van der Waals surface area contributed by atoms with Gasteiger partial charge in [-0.1, -0.05) is 19.1 Å². The highest BCUT2D eigenvalue weighted by atomic mass is 35.5. The largest absolute Gasteiger partial charge is 0.381 e. The van der Waals surface area contributed by atoms with Crippen molar-refractivity contribution in [3.05, 3.63) is 29.5 Å². The third-order valence-electron chi connectivity index (χ3n) is 2.68. The van der Waals surface area contributed by atoms with Crippen molar-refractivity contribution in [1.82, 2.24) is 9.97 Å². The van der Waals surface area contributed by atoms with Crippen molar-refractivity contribution in [3.8, 4) is 0 Å². The highest BCUT2D eigenvalue weighted by Crippen LogP contribution is 2.21. The molecule has 0 saturated carbocycles.